The van der Waals surface area contributed by atoms with Crippen molar-refractivity contribution in [2.75, 3.05) is 0 Å². The SMILES string of the molecule is CC1(C)C2=C(C=CC(n3c4ccccc4c4cc(-c5ccc6c(c5)c5ccccc5n6-c5ccc6c(c5)c5ccccc5n6-c5ccccc5)ccc43)C2)c2ccccc21. The van der Waals surface area contributed by atoms with Crippen molar-refractivity contribution in [1.29, 1.82) is 0 Å². The van der Waals surface area contributed by atoms with Gasteiger partial charge in [-0.15, -0.1) is 0 Å². The van der Waals surface area contributed by atoms with Crippen LogP contribution < -0.4 is 0 Å². The molecule has 0 N–H and O–H groups in total. The second-order valence-corrected chi connectivity index (χ2v) is 17.3. The number of hydrogen-bond donors (Lipinski definition) is 0. The first-order chi connectivity index (χ1) is 29.5. The highest BCUT2D eigenvalue weighted by atomic mass is 15.0. The average Bonchev–Trinajstić information content (AvgIpc) is 3.99. The van der Waals surface area contributed by atoms with Gasteiger partial charge in [0.05, 0.1) is 28.1 Å². The molecule has 1 unspecified atom stereocenters. The maximum Gasteiger partial charge on any atom is 0.0563 e. The van der Waals surface area contributed by atoms with Gasteiger partial charge in [0, 0.05) is 60.1 Å². The maximum absolute atomic E-state index is 2.60. The molecule has 0 saturated heterocycles. The Morgan fingerprint density at radius 3 is 1.65 bits per heavy atom. The number of hydrogen-bond acceptors (Lipinski definition) is 0. The quantitative estimate of drug-likeness (QED) is 0.169. The van der Waals surface area contributed by atoms with Crippen LogP contribution in [0.1, 0.15) is 37.4 Å². The average molecular weight is 768 g/mol. The van der Waals surface area contributed by atoms with E-state index >= 15 is 0 Å². The molecule has 2 aliphatic rings. The predicted octanol–water partition coefficient (Wildman–Crippen LogP) is 14.9. The van der Waals surface area contributed by atoms with E-state index in [0.717, 1.165) is 12.1 Å². The third-order valence-corrected chi connectivity index (χ3v) is 13.8. The van der Waals surface area contributed by atoms with Gasteiger partial charge in [0.1, 0.15) is 0 Å². The molecule has 11 aromatic rings. The second-order valence-electron chi connectivity index (χ2n) is 17.3. The van der Waals surface area contributed by atoms with E-state index in [1.54, 1.807) is 5.57 Å². The van der Waals surface area contributed by atoms with Crippen LogP contribution >= 0.6 is 0 Å². The molecule has 8 aromatic carbocycles. The molecule has 3 nitrogen and oxygen atoms in total. The van der Waals surface area contributed by atoms with Crippen molar-refractivity contribution in [3.8, 4) is 22.5 Å². The Labute approximate surface area is 348 Å². The molecule has 0 spiro atoms. The smallest absolute Gasteiger partial charge is 0.0563 e. The molecule has 3 heterocycles. The number of para-hydroxylation sites is 4. The van der Waals surface area contributed by atoms with Gasteiger partial charge in [0.15, 0.2) is 0 Å². The Balaban J connectivity index is 0.933. The van der Waals surface area contributed by atoms with Gasteiger partial charge in [-0.25, -0.2) is 0 Å². The first-order valence-corrected chi connectivity index (χ1v) is 21.2. The fraction of sp³-hybridized carbons (Fsp3) is 0.0877. The van der Waals surface area contributed by atoms with Crippen LogP contribution in [0.15, 0.2) is 200 Å². The van der Waals surface area contributed by atoms with E-state index in [-0.39, 0.29) is 11.5 Å². The molecule has 0 aliphatic heterocycles. The Bertz CT molecular complexity index is 3660. The number of allylic oxidation sites excluding steroid dienone is 4. The van der Waals surface area contributed by atoms with Gasteiger partial charge in [0.25, 0.3) is 0 Å². The van der Waals surface area contributed by atoms with E-state index < -0.39 is 0 Å². The van der Waals surface area contributed by atoms with Gasteiger partial charge < -0.3 is 13.7 Å². The van der Waals surface area contributed by atoms with Crippen LogP contribution in [-0.2, 0) is 5.41 Å². The fourth-order valence-corrected chi connectivity index (χ4v) is 11.1. The van der Waals surface area contributed by atoms with E-state index in [1.807, 2.05) is 0 Å². The number of rotatable bonds is 4. The molecule has 0 fully saturated rings. The summed E-state index contributed by atoms with van der Waals surface area (Å²) in [4.78, 5) is 0. The number of nitrogens with zero attached hydrogens (tertiary/aromatic N) is 3. The summed E-state index contributed by atoms with van der Waals surface area (Å²) < 4.78 is 7.43. The Hall–Kier alpha value is -7.36. The maximum atomic E-state index is 2.60. The molecule has 284 valence electrons. The Morgan fingerprint density at radius 2 is 0.933 bits per heavy atom. The summed E-state index contributed by atoms with van der Waals surface area (Å²) in [6.45, 7) is 4.81. The summed E-state index contributed by atoms with van der Waals surface area (Å²) in [5, 5.41) is 7.63. The summed E-state index contributed by atoms with van der Waals surface area (Å²) in [6.07, 6.45) is 5.85. The summed E-state index contributed by atoms with van der Waals surface area (Å²) in [5.74, 6) is 0. The van der Waals surface area contributed by atoms with Crippen molar-refractivity contribution in [1.82, 2.24) is 13.7 Å². The molecule has 0 bridgehead atoms. The van der Waals surface area contributed by atoms with Gasteiger partial charge in [0.2, 0.25) is 0 Å². The van der Waals surface area contributed by atoms with Gasteiger partial charge in [-0.05, 0) is 113 Å². The van der Waals surface area contributed by atoms with Gasteiger partial charge in [-0.3, -0.25) is 0 Å². The molecule has 13 rings (SSSR count). The molecule has 2 aliphatic carbocycles. The molecule has 0 saturated carbocycles. The van der Waals surface area contributed by atoms with Crippen molar-refractivity contribution < 1.29 is 0 Å². The van der Waals surface area contributed by atoms with Crippen LogP contribution in [0.4, 0.5) is 0 Å². The van der Waals surface area contributed by atoms with Crippen molar-refractivity contribution >= 4 is 71.0 Å². The first kappa shape index (κ1) is 33.6. The Morgan fingerprint density at radius 1 is 0.433 bits per heavy atom. The Kier molecular flexibility index (Phi) is 6.90. The van der Waals surface area contributed by atoms with Crippen molar-refractivity contribution in [2.24, 2.45) is 0 Å². The molecule has 3 heteroatoms. The summed E-state index contributed by atoms with van der Waals surface area (Å²) in [5.41, 5.74) is 18.0. The number of benzene rings is 8. The van der Waals surface area contributed by atoms with E-state index in [2.05, 4.69) is 222 Å². The molecule has 3 aromatic heterocycles. The minimum atomic E-state index is 0.0121. The summed E-state index contributed by atoms with van der Waals surface area (Å²) in [7, 11) is 0. The van der Waals surface area contributed by atoms with E-state index in [4.69, 9.17) is 0 Å². The lowest BCUT2D eigenvalue weighted by molar-refractivity contribution is 0.544. The van der Waals surface area contributed by atoms with Crippen LogP contribution in [-0.4, -0.2) is 13.7 Å². The van der Waals surface area contributed by atoms with Crippen LogP contribution in [0.2, 0.25) is 0 Å². The second kappa shape index (κ2) is 12.3. The fourth-order valence-electron chi connectivity index (χ4n) is 11.1. The molecule has 60 heavy (non-hydrogen) atoms. The summed E-state index contributed by atoms with van der Waals surface area (Å²) >= 11 is 0. The van der Waals surface area contributed by atoms with Crippen LogP contribution in [0.5, 0.6) is 0 Å². The van der Waals surface area contributed by atoms with E-state index in [1.165, 1.54) is 98.9 Å². The van der Waals surface area contributed by atoms with Gasteiger partial charge in [-0.1, -0.05) is 135 Å². The van der Waals surface area contributed by atoms with Gasteiger partial charge in [-0.2, -0.15) is 0 Å². The number of fused-ring (bicyclic) bond motifs is 11. The monoisotopic (exact) mass is 767 g/mol. The normalized spacial score (nSPS) is 15.9. The highest BCUT2D eigenvalue weighted by molar-refractivity contribution is 6.14. The minimum Gasteiger partial charge on any atom is -0.333 e. The van der Waals surface area contributed by atoms with Crippen molar-refractivity contribution in [3.05, 3.63) is 211 Å². The zero-order valence-corrected chi connectivity index (χ0v) is 33.6. The molecule has 1 atom stereocenters. The lowest BCUT2D eigenvalue weighted by atomic mass is 9.77. The molecule has 0 amide bonds. The lowest BCUT2D eigenvalue weighted by Crippen LogP contribution is -2.21. The number of aromatic nitrogens is 3. The van der Waals surface area contributed by atoms with Gasteiger partial charge >= 0.3 is 0 Å². The first-order valence-electron chi connectivity index (χ1n) is 21.2. The predicted molar refractivity (Wildman–Crippen MR) is 253 cm³/mol. The molecular formula is C57H41N3. The van der Waals surface area contributed by atoms with Crippen LogP contribution in [0.3, 0.4) is 0 Å². The third kappa shape index (κ3) is 4.60. The highest BCUT2D eigenvalue weighted by Crippen LogP contribution is 2.52. The molecule has 0 radical (unpaired) electrons. The standard InChI is InChI=1S/C57H41N3/c1-57(2)49-20-10-6-16-41(49)42-28-26-40(35-50(42)57)60-53-23-13-8-18-44(53)47-33-37(25-30-55(47)60)36-24-29-54-46(32-36)43-17-7-12-22-52(43)59(54)39-27-31-56-48(34-39)45-19-9-11-21-51(45)58(56)38-14-4-3-5-15-38/h3-34,40H,35H2,1-2H3. The van der Waals surface area contributed by atoms with E-state index in [0.29, 0.717) is 0 Å². The third-order valence-electron chi connectivity index (χ3n) is 13.8. The van der Waals surface area contributed by atoms with Crippen LogP contribution in [0, 0.1) is 0 Å². The van der Waals surface area contributed by atoms with E-state index in [9.17, 15) is 0 Å². The lowest BCUT2D eigenvalue weighted by Gasteiger charge is -2.30. The van der Waals surface area contributed by atoms with Crippen molar-refractivity contribution in [2.45, 2.75) is 31.7 Å². The zero-order chi connectivity index (χ0) is 39.7. The topological polar surface area (TPSA) is 14.8 Å². The zero-order valence-electron chi connectivity index (χ0n) is 33.6. The minimum absolute atomic E-state index is 0.0121. The summed E-state index contributed by atoms with van der Waals surface area (Å²) in [6, 6.07) is 67.7. The molecular weight excluding hydrogens is 727 g/mol. The highest BCUT2D eigenvalue weighted by Gasteiger charge is 2.39. The largest absolute Gasteiger partial charge is 0.333 e. The van der Waals surface area contributed by atoms with Crippen molar-refractivity contribution in [3.63, 3.8) is 0 Å². The van der Waals surface area contributed by atoms with Crippen LogP contribution in [0.25, 0.3) is 93.5 Å².